The lowest BCUT2D eigenvalue weighted by molar-refractivity contribution is -0.125. The molecule has 1 aromatic carbocycles. The number of carbonyl (C=O) groups is 2. The normalized spacial score (nSPS) is 12.7. The number of carbonyl (C=O) groups excluding carboxylic acids is 2. The van der Waals surface area contributed by atoms with Gasteiger partial charge >= 0.3 is 0 Å². The molecule has 0 radical (unpaired) electrons. The lowest BCUT2D eigenvalue weighted by Gasteiger charge is -2.30. The van der Waals surface area contributed by atoms with E-state index in [0.717, 1.165) is 23.7 Å². The van der Waals surface area contributed by atoms with Crippen molar-refractivity contribution >= 4 is 22.7 Å². The van der Waals surface area contributed by atoms with Crippen molar-refractivity contribution in [3.63, 3.8) is 0 Å². The Morgan fingerprint density at radius 1 is 1.22 bits per heavy atom. The van der Waals surface area contributed by atoms with Crippen LogP contribution in [0.5, 0.6) is 0 Å². The van der Waals surface area contributed by atoms with E-state index in [0.29, 0.717) is 30.5 Å². The van der Waals surface area contributed by atoms with Crippen LogP contribution >= 0.6 is 0 Å². The highest BCUT2D eigenvalue weighted by atomic mass is 16.5. The van der Waals surface area contributed by atoms with Gasteiger partial charge in [0.1, 0.15) is 6.04 Å². The maximum atomic E-state index is 13.2. The molecule has 0 unspecified atom stereocenters. The SMILES string of the molecule is Cc1noc(CNC(=O)[C@@H](NC(=O)c2nn(CCCCN)c3ccccc23)C(C)(C)C)n1. The molecule has 10 heteroatoms. The molecule has 0 fully saturated rings. The number of benzene rings is 1. The number of aromatic nitrogens is 4. The first kappa shape index (κ1) is 23.4. The van der Waals surface area contributed by atoms with Gasteiger partial charge in [0.2, 0.25) is 11.8 Å². The first-order valence-electron chi connectivity index (χ1n) is 10.7. The second-order valence-corrected chi connectivity index (χ2v) is 8.81. The van der Waals surface area contributed by atoms with Crippen LogP contribution in [0.3, 0.4) is 0 Å². The topological polar surface area (TPSA) is 141 Å². The van der Waals surface area contributed by atoms with Gasteiger partial charge < -0.3 is 20.9 Å². The van der Waals surface area contributed by atoms with Gasteiger partial charge in [-0.2, -0.15) is 10.1 Å². The summed E-state index contributed by atoms with van der Waals surface area (Å²) in [7, 11) is 0. The van der Waals surface area contributed by atoms with E-state index in [1.54, 1.807) is 6.92 Å². The summed E-state index contributed by atoms with van der Waals surface area (Å²) in [4.78, 5) is 30.2. The molecule has 3 aromatic rings. The van der Waals surface area contributed by atoms with Crippen molar-refractivity contribution in [1.82, 2.24) is 30.6 Å². The fourth-order valence-corrected chi connectivity index (χ4v) is 3.42. The Morgan fingerprint density at radius 2 is 1.97 bits per heavy atom. The van der Waals surface area contributed by atoms with Gasteiger partial charge in [0, 0.05) is 11.9 Å². The van der Waals surface area contributed by atoms with Gasteiger partial charge in [-0.3, -0.25) is 14.3 Å². The van der Waals surface area contributed by atoms with E-state index >= 15 is 0 Å². The number of para-hydroxylation sites is 1. The molecule has 3 rings (SSSR count). The Kier molecular flexibility index (Phi) is 7.24. The van der Waals surface area contributed by atoms with E-state index in [4.69, 9.17) is 10.3 Å². The zero-order valence-corrected chi connectivity index (χ0v) is 19.0. The molecule has 0 aliphatic carbocycles. The number of hydrogen-bond acceptors (Lipinski definition) is 7. The molecule has 0 saturated carbocycles. The minimum absolute atomic E-state index is 0.0842. The Labute approximate surface area is 186 Å². The predicted octanol–water partition coefficient (Wildman–Crippen LogP) is 1.93. The quantitative estimate of drug-likeness (QED) is 0.431. The maximum Gasteiger partial charge on any atom is 0.273 e. The molecule has 32 heavy (non-hydrogen) atoms. The number of unbranched alkanes of at least 4 members (excludes halogenated alkanes) is 1. The standard InChI is InChI=1S/C22H31N7O3/c1-14-25-17(32-28-14)13-24-21(31)19(22(2,3)4)26-20(30)18-15-9-5-6-10-16(15)29(27-18)12-8-7-11-23/h5-6,9-10,19H,7-8,11-13,23H2,1-4H3,(H,24,31)(H,26,30)/t19-/m1/s1. The highest BCUT2D eigenvalue weighted by Crippen LogP contribution is 2.23. The average molecular weight is 442 g/mol. The number of nitrogens with one attached hydrogen (secondary N) is 2. The molecule has 0 spiro atoms. The van der Waals surface area contributed by atoms with Gasteiger partial charge in [-0.05, 0) is 37.8 Å². The molecular formula is C22H31N7O3. The first-order valence-corrected chi connectivity index (χ1v) is 10.7. The minimum atomic E-state index is -0.792. The fraction of sp³-hybridized carbons (Fsp3) is 0.500. The Balaban J connectivity index is 1.79. The van der Waals surface area contributed by atoms with Crippen molar-refractivity contribution in [1.29, 1.82) is 0 Å². The summed E-state index contributed by atoms with van der Waals surface area (Å²) in [5.74, 6) is 0.0526. The second-order valence-electron chi connectivity index (χ2n) is 8.81. The van der Waals surface area contributed by atoms with Crippen molar-refractivity contribution in [3.05, 3.63) is 41.7 Å². The molecular weight excluding hydrogens is 410 g/mol. The number of rotatable bonds is 9. The summed E-state index contributed by atoms with van der Waals surface area (Å²) in [6, 6.07) is 6.78. The smallest absolute Gasteiger partial charge is 0.273 e. The molecule has 0 bridgehead atoms. The zero-order valence-electron chi connectivity index (χ0n) is 19.0. The monoisotopic (exact) mass is 441 g/mol. The average Bonchev–Trinajstić information content (AvgIpc) is 3.33. The van der Waals surface area contributed by atoms with E-state index in [1.165, 1.54) is 0 Å². The van der Waals surface area contributed by atoms with Crippen LogP contribution in [0, 0.1) is 12.3 Å². The van der Waals surface area contributed by atoms with Gasteiger partial charge in [0.25, 0.3) is 5.91 Å². The van der Waals surface area contributed by atoms with Crippen LogP contribution in [0.15, 0.2) is 28.8 Å². The van der Waals surface area contributed by atoms with Crippen molar-refractivity contribution in [3.8, 4) is 0 Å². The van der Waals surface area contributed by atoms with E-state index < -0.39 is 17.4 Å². The van der Waals surface area contributed by atoms with E-state index in [-0.39, 0.29) is 12.5 Å². The van der Waals surface area contributed by atoms with Crippen LogP contribution in [0.2, 0.25) is 0 Å². The number of fused-ring (bicyclic) bond motifs is 1. The van der Waals surface area contributed by atoms with Gasteiger partial charge in [0.15, 0.2) is 11.5 Å². The third-order valence-electron chi connectivity index (χ3n) is 5.08. The Morgan fingerprint density at radius 3 is 2.62 bits per heavy atom. The van der Waals surface area contributed by atoms with E-state index in [1.807, 2.05) is 49.7 Å². The highest BCUT2D eigenvalue weighted by Gasteiger charge is 2.34. The van der Waals surface area contributed by atoms with Crippen LogP contribution < -0.4 is 16.4 Å². The van der Waals surface area contributed by atoms with Crippen LogP contribution in [-0.2, 0) is 17.9 Å². The zero-order chi connectivity index (χ0) is 23.3. The summed E-state index contributed by atoms with van der Waals surface area (Å²) in [5, 5.41) is 14.6. The van der Waals surface area contributed by atoms with Gasteiger partial charge in [-0.25, -0.2) is 0 Å². The molecule has 0 aliphatic rings. The van der Waals surface area contributed by atoms with Gasteiger partial charge in [-0.15, -0.1) is 0 Å². The van der Waals surface area contributed by atoms with Crippen LogP contribution in [0.25, 0.3) is 10.9 Å². The fourth-order valence-electron chi connectivity index (χ4n) is 3.42. The lowest BCUT2D eigenvalue weighted by Crippen LogP contribution is -2.53. The summed E-state index contributed by atoms with van der Waals surface area (Å²) in [5.41, 5.74) is 6.23. The van der Waals surface area contributed by atoms with Crippen molar-refractivity contribution in [2.45, 2.75) is 59.7 Å². The maximum absolute atomic E-state index is 13.2. The van der Waals surface area contributed by atoms with Crippen molar-refractivity contribution in [2.24, 2.45) is 11.1 Å². The Bertz CT molecular complexity index is 1080. The number of aryl methyl sites for hydroxylation is 2. The predicted molar refractivity (Wildman–Crippen MR) is 120 cm³/mol. The third kappa shape index (κ3) is 5.50. The summed E-state index contributed by atoms with van der Waals surface area (Å²) < 4.78 is 6.86. The van der Waals surface area contributed by atoms with Crippen molar-refractivity contribution < 1.29 is 14.1 Å². The number of amides is 2. The number of hydrogen-bond donors (Lipinski definition) is 3. The molecule has 2 aromatic heterocycles. The molecule has 0 aliphatic heterocycles. The summed E-state index contributed by atoms with van der Waals surface area (Å²) in [6.45, 7) is 8.72. The van der Waals surface area contributed by atoms with Gasteiger partial charge in [0.05, 0.1) is 12.1 Å². The van der Waals surface area contributed by atoms with Crippen molar-refractivity contribution in [2.75, 3.05) is 6.54 Å². The molecule has 10 nitrogen and oxygen atoms in total. The van der Waals surface area contributed by atoms with Crippen LogP contribution in [0.1, 0.15) is 55.8 Å². The van der Waals surface area contributed by atoms with Gasteiger partial charge in [-0.1, -0.05) is 44.1 Å². The molecule has 2 heterocycles. The van der Waals surface area contributed by atoms with Crippen LogP contribution in [-0.4, -0.2) is 44.3 Å². The number of nitrogens with two attached hydrogens (primary N) is 1. The summed E-state index contributed by atoms with van der Waals surface area (Å²) in [6.07, 6.45) is 1.74. The molecule has 0 saturated heterocycles. The molecule has 1 atom stereocenters. The second kappa shape index (κ2) is 9.90. The lowest BCUT2D eigenvalue weighted by atomic mass is 9.86. The highest BCUT2D eigenvalue weighted by molar-refractivity contribution is 6.06. The largest absolute Gasteiger partial charge is 0.345 e. The van der Waals surface area contributed by atoms with E-state index in [2.05, 4.69) is 25.9 Å². The Hall–Kier alpha value is -3.27. The molecule has 172 valence electrons. The minimum Gasteiger partial charge on any atom is -0.345 e. The third-order valence-corrected chi connectivity index (χ3v) is 5.08. The van der Waals surface area contributed by atoms with E-state index in [9.17, 15) is 9.59 Å². The molecule has 4 N–H and O–H groups in total. The molecule has 2 amide bonds. The number of nitrogens with zero attached hydrogens (tertiary/aromatic N) is 4. The summed E-state index contributed by atoms with van der Waals surface area (Å²) >= 11 is 0. The first-order chi connectivity index (χ1) is 15.2. The van der Waals surface area contributed by atoms with Crippen LogP contribution in [0.4, 0.5) is 0 Å².